The lowest BCUT2D eigenvalue weighted by molar-refractivity contribution is 0.711. The zero-order valence-electron chi connectivity index (χ0n) is 11.1. The van der Waals surface area contributed by atoms with Crippen LogP contribution in [-0.4, -0.2) is 19.6 Å². The van der Waals surface area contributed by atoms with Gasteiger partial charge < -0.3 is 5.73 Å². The van der Waals surface area contributed by atoms with Crippen LogP contribution in [-0.2, 0) is 20.5 Å². The molecule has 2 heterocycles. The van der Waals surface area contributed by atoms with E-state index < -0.39 is 0 Å². The van der Waals surface area contributed by atoms with Crippen LogP contribution in [0.15, 0.2) is 6.20 Å². The number of rotatable bonds is 3. The Morgan fingerprint density at radius 3 is 2.39 bits per heavy atom. The van der Waals surface area contributed by atoms with Crippen LogP contribution >= 0.6 is 11.6 Å². The molecule has 2 aromatic rings. The number of halogens is 1. The molecular formula is C12H18ClN5. The molecule has 0 fully saturated rings. The molecule has 0 saturated carbocycles. The Kier molecular flexibility index (Phi) is 3.45. The maximum Gasteiger partial charge on any atom is 0.130 e. The quantitative estimate of drug-likeness (QED) is 0.920. The van der Waals surface area contributed by atoms with E-state index in [1.807, 2.05) is 34.1 Å². The van der Waals surface area contributed by atoms with E-state index in [1.54, 1.807) is 9.36 Å². The molecule has 0 bridgehead atoms. The third kappa shape index (κ3) is 2.28. The van der Waals surface area contributed by atoms with E-state index in [9.17, 15) is 0 Å². The molecule has 0 aliphatic carbocycles. The first kappa shape index (κ1) is 13.1. The largest absolute Gasteiger partial charge is 0.324 e. The number of aryl methyl sites for hydroxylation is 4. The van der Waals surface area contributed by atoms with Crippen molar-refractivity contribution in [3.05, 3.63) is 33.9 Å². The summed E-state index contributed by atoms with van der Waals surface area (Å²) in [5, 5.41) is 9.26. The fourth-order valence-electron chi connectivity index (χ4n) is 2.22. The summed E-state index contributed by atoms with van der Waals surface area (Å²) < 4.78 is 3.46. The number of hydrogen-bond acceptors (Lipinski definition) is 3. The molecule has 2 rings (SSSR count). The third-order valence-corrected chi connectivity index (χ3v) is 3.62. The highest BCUT2D eigenvalue weighted by molar-refractivity contribution is 6.30. The second-order valence-electron chi connectivity index (χ2n) is 4.63. The molecule has 0 spiro atoms. The van der Waals surface area contributed by atoms with Gasteiger partial charge in [0.05, 0.1) is 11.4 Å². The van der Waals surface area contributed by atoms with E-state index in [0.29, 0.717) is 11.6 Å². The molecule has 98 valence electrons. The third-order valence-electron chi connectivity index (χ3n) is 3.14. The van der Waals surface area contributed by atoms with Gasteiger partial charge in [0.25, 0.3) is 0 Å². The normalized spacial score (nSPS) is 13.0. The molecule has 2 aromatic heterocycles. The van der Waals surface area contributed by atoms with Gasteiger partial charge >= 0.3 is 0 Å². The van der Waals surface area contributed by atoms with Crippen molar-refractivity contribution in [1.82, 2.24) is 19.6 Å². The molecule has 0 radical (unpaired) electrons. The van der Waals surface area contributed by atoms with Crippen molar-refractivity contribution in [1.29, 1.82) is 0 Å². The summed E-state index contributed by atoms with van der Waals surface area (Å²) in [6.07, 6.45) is 2.63. The summed E-state index contributed by atoms with van der Waals surface area (Å²) in [6, 6.07) is -0.112. The van der Waals surface area contributed by atoms with Gasteiger partial charge in [0.15, 0.2) is 0 Å². The molecule has 1 unspecified atom stereocenters. The highest BCUT2D eigenvalue weighted by Crippen LogP contribution is 2.25. The molecule has 0 aromatic carbocycles. The van der Waals surface area contributed by atoms with Crippen molar-refractivity contribution in [2.75, 3.05) is 0 Å². The molecule has 18 heavy (non-hydrogen) atoms. The van der Waals surface area contributed by atoms with Crippen LogP contribution in [0, 0.1) is 13.8 Å². The molecule has 0 amide bonds. The van der Waals surface area contributed by atoms with Crippen molar-refractivity contribution in [2.24, 2.45) is 19.8 Å². The van der Waals surface area contributed by atoms with E-state index >= 15 is 0 Å². The zero-order valence-corrected chi connectivity index (χ0v) is 11.9. The standard InChI is InChI=1S/C12H18ClN5/c1-7-9(12(13)18(4)16-7)5-11(14)10-6-17(3)15-8(10)2/h6,11H,5,14H2,1-4H3. The van der Waals surface area contributed by atoms with Gasteiger partial charge in [-0.2, -0.15) is 10.2 Å². The monoisotopic (exact) mass is 267 g/mol. The first-order valence-corrected chi connectivity index (χ1v) is 6.21. The minimum absolute atomic E-state index is 0.112. The minimum Gasteiger partial charge on any atom is -0.324 e. The maximum absolute atomic E-state index is 6.24. The van der Waals surface area contributed by atoms with Gasteiger partial charge in [0.2, 0.25) is 0 Å². The van der Waals surface area contributed by atoms with Gasteiger partial charge in [0, 0.05) is 37.5 Å². The fraction of sp³-hybridized carbons (Fsp3) is 0.500. The summed E-state index contributed by atoms with van der Waals surface area (Å²) in [4.78, 5) is 0. The first-order valence-electron chi connectivity index (χ1n) is 5.83. The minimum atomic E-state index is -0.112. The lowest BCUT2D eigenvalue weighted by Crippen LogP contribution is -2.14. The highest BCUT2D eigenvalue weighted by atomic mass is 35.5. The van der Waals surface area contributed by atoms with Crippen LogP contribution in [0.4, 0.5) is 0 Å². The second-order valence-corrected chi connectivity index (χ2v) is 4.99. The van der Waals surface area contributed by atoms with Crippen LogP contribution in [0.5, 0.6) is 0 Å². The Hall–Kier alpha value is -1.33. The SMILES string of the molecule is Cc1nn(C)cc1C(N)Cc1c(C)nn(C)c1Cl. The summed E-state index contributed by atoms with van der Waals surface area (Å²) in [6.45, 7) is 3.91. The first-order chi connectivity index (χ1) is 8.40. The number of nitrogens with two attached hydrogens (primary N) is 1. The molecule has 2 N–H and O–H groups in total. The average molecular weight is 268 g/mol. The summed E-state index contributed by atoms with van der Waals surface area (Å²) in [7, 11) is 3.73. The molecule has 1 atom stereocenters. The molecule has 0 aliphatic rings. The lowest BCUT2D eigenvalue weighted by Gasteiger charge is -2.10. The number of aromatic nitrogens is 4. The fourth-order valence-corrected chi connectivity index (χ4v) is 2.47. The Morgan fingerprint density at radius 2 is 1.94 bits per heavy atom. The lowest BCUT2D eigenvalue weighted by atomic mass is 10.0. The highest BCUT2D eigenvalue weighted by Gasteiger charge is 2.18. The van der Waals surface area contributed by atoms with Gasteiger partial charge in [-0.3, -0.25) is 9.36 Å². The smallest absolute Gasteiger partial charge is 0.130 e. The molecule has 6 heteroatoms. The molecule has 5 nitrogen and oxygen atoms in total. The predicted octanol–water partition coefficient (Wildman–Crippen LogP) is 1.67. The Bertz CT molecular complexity index is 569. The van der Waals surface area contributed by atoms with E-state index in [1.165, 1.54) is 0 Å². The summed E-state index contributed by atoms with van der Waals surface area (Å²) >= 11 is 6.21. The van der Waals surface area contributed by atoms with Gasteiger partial charge in [-0.25, -0.2) is 0 Å². The number of nitrogens with zero attached hydrogens (tertiary/aromatic N) is 4. The topological polar surface area (TPSA) is 61.7 Å². The summed E-state index contributed by atoms with van der Waals surface area (Å²) in [5.74, 6) is 0. The number of hydrogen-bond donors (Lipinski definition) is 1. The Balaban J connectivity index is 2.26. The van der Waals surface area contributed by atoms with Crippen LogP contribution < -0.4 is 5.73 Å². The average Bonchev–Trinajstić information content (AvgIpc) is 2.73. The molecule has 0 aliphatic heterocycles. The van der Waals surface area contributed by atoms with Gasteiger partial charge in [-0.05, 0) is 20.3 Å². The van der Waals surface area contributed by atoms with E-state index in [0.717, 1.165) is 22.5 Å². The summed E-state index contributed by atoms with van der Waals surface area (Å²) in [5.41, 5.74) is 10.2. The van der Waals surface area contributed by atoms with Crippen LogP contribution in [0.1, 0.15) is 28.6 Å². The molecule has 0 saturated heterocycles. The van der Waals surface area contributed by atoms with Gasteiger partial charge in [-0.15, -0.1) is 0 Å². The van der Waals surface area contributed by atoms with Crippen LogP contribution in [0.25, 0.3) is 0 Å². The van der Waals surface area contributed by atoms with E-state index in [-0.39, 0.29) is 6.04 Å². The van der Waals surface area contributed by atoms with Crippen molar-refractivity contribution in [3.63, 3.8) is 0 Å². The van der Waals surface area contributed by atoms with E-state index in [2.05, 4.69) is 10.2 Å². The van der Waals surface area contributed by atoms with Crippen molar-refractivity contribution in [3.8, 4) is 0 Å². The zero-order chi connectivity index (χ0) is 13.4. The maximum atomic E-state index is 6.24. The Labute approximate surface area is 112 Å². The Morgan fingerprint density at radius 1 is 1.28 bits per heavy atom. The molecular weight excluding hydrogens is 250 g/mol. The van der Waals surface area contributed by atoms with E-state index in [4.69, 9.17) is 17.3 Å². The predicted molar refractivity (Wildman–Crippen MR) is 71.5 cm³/mol. The van der Waals surface area contributed by atoms with Crippen LogP contribution in [0.2, 0.25) is 5.15 Å². The van der Waals surface area contributed by atoms with Crippen LogP contribution in [0.3, 0.4) is 0 Å². The van der Waals surface area contributed by atoms with Crippen molar-refractivity contribution >= 4 is 11.6 Å². The second kappa shape index (κ2) is 4.74. The van der Waals surface area contributed by atoms with Crippen molar-refractivity contribution in [2.45, 2.75) is 26.3 Å². The van der Waals surface area contributed by atoms with Crippen molar-refractivity contribution < 1.29 is 0 Å². The van der Waals surface area contributed by atoms with Gasteiger partial charge in [-0.1, -0.05) is 11.6 Å². The van der Waals surface area contributed by atoms with Gasteiger partial charge in [0.1, 0.15) is 5.15 Å².